The SMILES string of the molecule is CC1=CCC(Cl)=C1CC1=C(Cl)CC=C1[Si](C)(C)C(C)O[Si](C)(C)C. The highest BCUT2D eigenvalue weighted by atomic mass is 35.5. The molecule has 0 amide bonds. The Morgan fingerprint density at radius 1 is 1.00 bits per heavy atom. The van der Waals surface area contributed by atoms with E-state index in [2.05, 4.69) is 58.7 Å². The first-order valence-electron chi connectivity index (χ1n) is 8.74. The van der Waals surface area contributed by atoms with E-state index < -0.39 is 16.4 Å². The second-order valence-electron chi connectivity index (χ2n) is 8.45. The molecule has 0 aromatic carbocycles. The summed E-state index contributed by atoms with van der Waals surface area (Å²) in [4.78, 5) is 0. The topological polar surface area (TPSA) is 9.23 Å². The Bertz CT molecular complexity index is 649. The van der Waals surface area contributed by atoms with Crippen LogP contribution in [0, 0.1) is 0 Å². The van der Waals surface area contributed by atoms with Crippen LogP contribution in [-0.2, 0) is 4.43 Å². The molecule has 5 heteroatoms. The van der Waals surface area contributed by atoms with Crippen LogP contribution in [0.5, 0.6) is 0 Å². The lowest BCUT2D eigenvalue weighted by Gasteiger charge is -2.37. The fraction of sp³-hybridized carbons (Fsp3) is 0.579. The highest BCUT2D eigenvalue weighted by Crippen LogP contribution is 2.43. The maximum Gasteiger partial charge on any atom is 0.183 e. The van der Waals surface area contributed by atoms with Crippen LogP contribution in [0.3, 0.4) is 0 Å². The molecule has 0 radical (unpaired) electrons. The van der Waals surface area contributed by atoms with Crippen molar-refractivity contribution in [2.24, 2.45) is 0 Å². The van der Waals surface area contributed by atoms with Crippen LogP contribution in [0.2, 0.25) is 32.7 Å². The average molecular weight is 402 g/mol. The normalized spacial score (nSPS) is 20.7. The largest absolute Gasteiger partial charge is 0.418 e. The molecule has 0 aromatic rings. The van der Waals surface area contributed by atoms with Crippen molar-refractivity contribution in [1.82, 2.24) is 0 Å². The summed E-state index contributed by atoms with van der Waals surface area (Å²) in [5.41, 5.74) is 4.16. The first kappa shape index (κ1) is 20.2. The fourth-order valence-electron chi connectivity index (χ4n) is 3.44. The lowest BCUT2D eigenvalue weighted by atomic mass is 10.0. The molecule has 24 heavy (non-hydrogen) atoms. The van der Waals surface area contributed by atoms with Crippen molar-refractivity contribution in [3.63, 3.8) is 0 Å². The van der Waals surface area contributed by atoms with Crippen molar-refractivity contribution in [2.45, 2.75) is 71.6 Å². The second kappa shape index (κ2) is 7.28. The van der Waals surface area contributed by atoms with Gasteiger partial charge in [-0.3, -0.25) is 0 Å². The van der Waals surface area contributed by atoms with Gasteiger partial charge in [-0.15, -0.1) is 0 Å². The number of hydrogen-bond acceptors (Lipinski definition) is 1. The van der Waals surface area contributed by atoms with Gasteiger partial charge in [0.1, 0.15) is 8.07 Å². The second-order valence-corrected chi connectivity index (χ2v) is 18.6. The maximum atomic E-state index is 6.62. The first-order chi connectivity index (χ1) is 10.9. The number of hydrogen-bond donors (Lipinski definition) is 0. The summed E-state index contributed by atoms with van der Waals surface area (Å²) >= 11 is 13.1. The van der Waals surface area contributed by atoms with Gasteiger partial charge in [0.25, 0.3) is 0 Å². The van der Waals surface area contributed by atoms with Crippen LogP contribution in [0.4, 0.5) is 0 Å². The summed E-state index contributed by atoms with van der Waals surface area (Å²) in [7, 11) is -3.32. The van der Waals surface area contributed by atoms with Gasteiger partial charge in [-0.25, -0.2) is 0 Å². The molecule has 2 aliphatic carbocycles. The molecule has 0 N–H and O–H groups in total. The van der Waals surface area contributed by atoms with Crippen LogP contribution in [0.1, 0.15) is 33.1 Å². The molecule has 0 bridgehead atoms. The van der Waals surface area contributed by atoms with E-state index in [0.717, 1.165) is 29.3 Å². The molecule has 2 aliphatic rings. The zero-order chi connectivity index (χ0) is 18.3. The van der Waals surface area contributed by atoms with Gasteiger partial charge in [-0.2, -0.15) is 0 Å². The molecule has 1 nitrogen and oxygen atoms in total. The quantitative estimate of drug-likeness (QED) is 0.433. The fourth-order valence-corrected chi connectivity index (χ4v) is 9.44. The molecule has 0 saturated heterocycles. The summed E-state index contributed by atoms with van der Waals surface area (Å²) in [6.07, 6.45) is 7.14. The van der Waals surface area contributed by atoms with Crippen LogP contribution in [0.25, 0.3) is 0 Å². The molecule has 0 spiro atoms. The van der Waals surface area contributed by atoms with Crippen LogP contribution in [-0.4, -0.2) is 22.1 Å². The van der Waals surface area contributed by atoms with Crippen LogP contribution < -0.4 is 0 Å². The van der Waals surface area contributed by atoms with E-state index in [-0.39, 0.29) is 5.73 Å². The Labute approximate surface area is 159 Å². The number of allylic oxidation sites excluding steroid dienone is 8. The summed E-state index contributed by atoms with van der Waals surface area (Å²) < 4.78 is 6.46. The van der Waals surface area contributed by atoms with E-state index >= 15 is 0 Å². The van der Waals surface area contributed by atoms with E-state index in [0.29, 0.717) is 0 Å². The standard InChI is InChI=1S/C19H30Cl2OSi2/c1-13-8-9-17(20)15(13)12-16-18(21)10-11-19(16)24(6,7)14(2)22-23(3,4)5/h8,11,14H,9-10,12H2,1-7H3. The van der Waals surface area contributed by atoms with Crippen molar-refractivity contribution in [2.75, 3.05) is 0 Å². The van der Waals surface area contributed by atoms with Gasteiger partial charge >= 0.3 is 0 Å². The minimum Gasteiger partial charge on any atom is -0.418 e. The van der Waals surface area contributed by atoms with E-state index in [1.807, 2.05) is 0 Å². The van der Waals surface area contributed by atoms with Gasteiger partial charge in [-0.1, -0.05) is 59.2 Å². The molecular formula is C19H30Cl2OSi2. The molecular weight excluding hydrogens is 371 g/mol. The Kier molecular flexibility index (Phi) is 6.14. The Hall–Kier alpha value is -0.0662. The zero-order valence-corrected chi connectivity index (χ0v) is 19.5. The zero-order valence-electron chi connectivity index (χ0n) is 16.0. The van der Waals surface area contributed by atoms with Gasteiger partial charge in [0, 0.05) is 28.6 Å². The third-order valence-electron chi connectivity index (χ3n) is 5.12. The number of halogens is 2. The summed E-state index contributed by atoms with van der Waals surface area (Å²) in [5.74, 6) is 0. The summed E-state index contributed by atoms with van der Waals surface area (Å²) in [6.45, 7) is 16.0. The van der Waals surface area contributed by atoms with Crippen molar-refractivity contribution >= 4 is 39.6 Å². The average Bonchev–Trinajstić information content (AvgIpc) is 2.95. The summed E-state index contributed by atoms with van der Waals surface area (Å²) in [6, 6.07) is 0. The van der Waals surface area contributed by atoms with Crippen LogP contribution >= 0.6 is 23.2 Å². The molecule has 0 fully saturated rings. The highest BCUT2D eigenvalue weighted by Gasteiger charge is 2.39. The van der Waals surface area contributed by atoms with E-state index in [1.165, 1.54) is 21.9 Å². The van der Waals surface area contributed by atoms with Crippen molar-refractivity contribution in [3.05, 3.63) is 44.1 Å². The van der Waals surface area contributed by atoms with Crippen molar-refractivity contribution < 1.29 is 4.43 Å². The van der Waals surface area contributed by atoms with E-state index in [4.69, 9.17) is 27.6 Å². The summed E-state index contributed by atoms with van der Waals surface area (Å²) in [5, 5.41) is 3.43. The lowest BCUT2D eigenvalue weighted by Crippen LogP contribution is -2.48. The minimum atomic E-state index is -1.76. The van der Waals surface area contributed by atoms with Gasteiger partial charge in [0.15, 0.2) is 8.32 Å². The molecule has 0 aliphatic heterocycles. The first-order valence-corrected chi connectivity index (χ1v) is 16.0. The van der Waals surface area contributed by atoms with Crippen molar-refractivity contribution in [3.8, 4) is 0 Å². The third-order valence-corrected chi connectivity index (χ3v) is 11.2. The Balaban J connectivity index is 2.27. The van der Waals surface area contributed by atoms with Gasteiger partial charge in [0.2, 0.25) is 0 Å². The minimum absolute atomic E-state index is 0.289. The predicted octanol–water partition coefficient (Wildman–Crippen LogP) is 7.07. The molecule has 1 atom stereocenters. The van der Waals surface area contributed by atoms with Crippen molar-refractivity contribution in [1.29, 1.82) is 0 Å². The monoisotopic (exact) mass is 400 g/mol. The predicted molar refractivity (Wildman–Crippen MR) is 113 cm³/mol. The molecule has 0 aromatic heterocycles. The van der Waals surface area contributed by atoms with Gasteiger partial charge < -0.3 is 4.43 Å². The van der Waals surface area contributed by atoms with E-state index in [9.17, 15) is 0 Å². The highest BCUT2D eigenvalue weighted by molar-refractivity contribution is 6.87. The Morgan fingerprint density at radius 3 is 2.04 bits per heavy atom. The lowest BCUT2D eigenvalue weighted by molar-refractivity contribution is 0.283. The molecule has 1 unspecified atom stereocenters. The Morgan fingerprint density at radius 2 is 1.54 bits per heavy atom. The maximum absolute atomic E-state index is 6.62. The smallest absolute Gasteiger partial charge is 0.183 e. The third kappa shape index (κ3) is 4.36. The molecule has 134 valence electrons. The molecule has 0 saturated carbocycles. The van der Waals surface area contributed by atoms with Crippen LogP contribution in [0.15, 0.2) is 44.1 Å². The molecule has 0 heterocycles. The van der Waals surface area contributed by atoms with Gasteiger partial charge in [0.05, 0.1) is 0 Å². The van der Waals surface area contributed by atoms with E-state index in [1.54, 1.807) is 0 Å². The number of rotatable bonds is 6. The molecule has 2 rings (SSSR count). The van der Waals surface area contributed by atoms with Gasteiger partial charge in [-0.05, 0) is 51.1 Å².